The predicted molar refractivity (Wildman–Crippen MR) is 110 cm³/mol. The van der Waals surface area contributed by atoms with Gasteiger partial charge in [0.15, 0.2) is 0 Å². The second-order valence-electron chi connectivity index (χ2n) is 7.58. The van der Waals surface area contributed by atoms with Crippen molar-refractivity contribution in [2.24, 2.45) is 0 Å². The first-order valence-corrected chi connectivity index (χ1v) is 9.59. The van der Waals surface area contributed by atoms with Gasteiger partial charge in [-0.25, -0.2) is 0 Å². The third-order valence-corrected chi connectivity index (χ3v) is 4.68. The van der Waals surface area contributed by atoms with E-state index < -0.39 is 11.7 Å². The Balaban J connectivity index is 1.63. The zero-order chi connectivity index (χ0) is 22.8. The van der Waals surface area contributed by atoms with Gasteiger partial charge in [0, 0.05) is 11.3 Å². The summed E-state index contributed by atoms with van der Waals surface area (Å²) in [6, 6.07) is 8.72. The van der Waals surface area contributed by atoms with Crippen molar-refractivity contribution in [2.75, 3.05) is 18.9 Å². The van der Waals surface area contributed by atoms with E-state index >= 15 is 0 Å². The molecule has 6 nitrogen and oxygen atoms in total. The molecule has 9 heteroatoms. The molecule has 3 rings (SSSR count). The van der Waals surface area contributed by atoms with Crippen molar-refractivity contribution in [3.8, 4) is 11.4 Å². The molecule has 0 atom stereocenters. The molecule has 0 bridgehead atoms. The summed E-state index contributed by atoms with van der Waals surface area (Å²) in [6.07, 6.45) is -4.45. The fourth-order valence-corrected chi connectivity index (χ4v) is 3.36. The van der Waals surface area contributed by atoms with Crippen LogP contribution < -0.4 is 5.32 Å². The Morgan fingerprint density at radius 3 is 2.45 bits per heavy atom. The van der Waals surface area contributed by atoms with E-state index in [-0.39, 0.29) is 36.3 Å². The van der Waals surface area contributed by atoms with E-state index in [2.05, 4.69) is 15.5 Å². The van der Waals surface area contributed by atoms with Crippen LogP contribution in [0, 0.1) is 20.8 Å². The van der Waals surface area contributed by atoms with Gasteiger partial charge in [0.1, 0.15) is 0 Å². The molecule has 0 unspecified atom stereocenters. The molecular weight excluding hydrogens is 409 g/mol. The highest BCUT2D eigenvalue weighted by Gasteiger charge is 2.30. The van der Waals surface area contributed by atoms with Crippen molar-refractivity contribution in [1.82, 2.24) is 15.0 Å². The van der Waals surface area contributed by atoms with Gasteiger partial charge < -0.3 is 9.84 Å². The van der Waals surface area contributed by atoms with Gasteiger partial charge in [-0.1, -0.05) is 35.0 Å². The second kappa shape index (κ2) is 8.89. The van der Waals surface area contributed by atoms with Crippen LogP contribution >= 0.6 is 0 Å². The molecule has 1 amide bonds. The van der Waals surface area contributed by atoms with Crippen molar-refractivity contribution in [2.45, 2.75) is 33.5 Å². The molecule has 0 spiro atoms. The van der Waals surface area contributed by atoms with Crippen molar-refractivity contribution in [3.05, 3.63) is 64.5 Å². The quantitative estimate of drug-likeness (QED) is 0.609. The standard InChI is InChI=1S/C22H23F3N4O2/c1-13-8-14(2)20(15(3)9-13)26-18(30)11-29(4)12-19-27-21(28-31-19)16-6-5-7-17(10-16)22(23,24)25/h5-10H,11-12H2,1-4H3,(H,26,30). The monoisotopic (exact) mass is 432 g/mol. The Hall–Kier alpha value is -3.20. The Labute approximate surface area is 178 Å². The zero-order valence-electron chi connectivity index (χ0n) is 17.7. The average molecular weight is 432 g/mol. The number of halogens is 3. The number of aryl methyl sites for hydroxylation is 3. The lowest BCUT2D eigenvalue weighted by atomic mass is 10.1. The van der Waals surface area contributed by atoms with Crippen molar-refractivity contribution in [3.63, 3.8) is 0 Å². The van der Waals surface area contributed by atoms with Gasteiger partial charge in [0.25, 0.3) is 0 Å². The molecule has 1 aromatic heterocycles. The summed E-state index contributed by atoms with van der Waals surface area (Å²) in [7, 11) is 1.71. The molecule has 0 fully saturated rings. The number of amides is 1. The maximum absolute atomic E-state index is 12.9. The Kier molecular flexibility index (Phi) is 6.45. The molecule has 0 aliphatic heterocycles. The second-order valence-corrected chi connectivity index (χ2v) is 7.58. The molecule has 1 N–H and O–H groups in total. The number of hydrogen-bond donors (Lipinski definition) is 1. The highest BCUT2D eigenvalue weighted by atomic mass is 19.4. The molecule has 0 saturated heterocycles. The summed E-state index contributed by atoms with van der Waals surface area (Å²) in [5, 5.41) is 6.68. The number of benzene rings is 2. The minimum Gasteiger partial charge on any atom is -0.338 e. The van der Waals surface area contributed by atoms with Gasteiger partial charge in [-0.05, 0) is 51.1 Å². The number of nitrogens with one attached hydrogen (secondary N) is 1. The third-order valence-electron chi connectivity index (χ3n) is 4.68. The van der Waals surface area contributed by atoms with Gasteiger partial charge in [-0.3, -0.25) is 9.69 Å². The fourth-order valence-electron chi connectivity index (χ4n) is 3.36. The Morgan fingerprint density at radius 2 is 1.81 bits per heavy atom. The van der Waals surface area contributed by atoms with E-state index in [1.807, 2.05) is 32.9 Å². The van der Waals surface area contributed by atoms with Crippen LogP contribution in [0.15, 0.2) is 40.9 Å². The summed E-state index contributed by atoms with van der Waals surface area (Å²) in [6.45, 7) is 6.12. The molecule has 1 heterocycles. The van der Waals surface area contributed by atoms with E-state index in [9.17, 15) is 18.0 Å². The number of rotatable bonds is 6. The number of aromatic nitrogens is 2. The van der Waals surface area contributed by atoms with Crippen LogP contribution in [-0.4, -0.2) is 34.5 Å². The first-order chi connectivity index (χ1) is 14.5. The number of nitrogens with zero attached hydrogens (tertiary/aromatic N) is 3. The SMILES string of the molecule is Cc1cc(C)c(NC(=O)CN(C)Cc2nc(-c3cccc(C(F)(F)F)c3)no2)c(C)c1. The smallest absolute Gasteiger partial charge is 0.338 e. The molecule has 0 radical (unpaired) electrons. The Morgan fingerprint density at radius 1 is 1.13 bits per heavy atom. The van der Waals surface area contributed by atoms with Crippen molar-refractivity contribution in [1.29, 1.82) is 0 Å². The highest BCUT2D eigenvalue weighted by molar-refractivity contribution is 5.93. The molecule has 0 aliphatic rings. The number of anilines is 1. The summed E-state index contributed by atoms with van der Waals surface area (Å²) >= 11 is 0. The summed E-state index contributed by atoms with van der Waals surface area (Å²) in [5.74, 6) is 0.0606. The molecule has 0 saturated carbocycles. The number of alkyl halides is 3. The number of carbonyl (C=O) groups is 1. The van der Waals surface area contributed by atoms with Crippen LogP contribution in [0.2, 0.25) is 0 Å². The van der Waals surface area contributed by atoms with Gasteiger partial charge >= 0.3 is 6.18 Å². The van der Waals surface area contributed by atoms with E-state index in [1.165, 1.54) is 12.1 Å². The minimum absolute atomic E-state index is 0.0601. The van der Waals surface area contributed by atoms with Gasteiger partial charge in [0.2, 0.25) is 17.6 Å². The van der Waals surface area contributed by atoms with E-state index in [4.69, 9.17) is 4.52 Å². The topological polar surface area (TPSA) is 71.3 Å². The first kappa shape index (κ1) is 22.5. The van der Waals surface area contributed by atoms with Crippen LogP contribution in [0.4, 0.5) is 18.9 Å². The normalized spacial score (nSPS) is 11.7. The number of carbonyl (C=O) groups excluding carboxylic acids is 1. The molecule has 31 heavy (non-hydrogen) atoms. The van der Waals surface area contributed by atoms with Crippen LogP contribution in [0.25, 0.3) is 11.4 Å². The number of hydrogen-bond acceptors (Lipinski definition) is 5. The summed E-state index contributed by atoms with van der Waals surface area (Å²) < 4.78 is 43.8. The van der Waals surface area contributed by atoms with Crippen LogP contribution in [0.1, 0.15) is 28.1 Å². The van der Waals surface area contributed by atoms with Gasteiger partial charge in [0.05, 0.1) is 18.7 Å². The van der Waals surface area contributed by atoms with Crippen LogP contribution in [0.5, 0.6) is 0 Å². The minimum atomic E-state index is -4.45. The van der Waals surface area contributed by atoms with Gasteiger partial charge in [-0.15, -0.1) is 0 Å². The van der Waals surface area contributed by atoms with Crippen molar-refractivity contribution >= 4 is 11.6 Å². The maximum Gasteiger partial charge on any atom is 0.416 e. The molecule has 164 valence electrons. The average Bonchev–Trinajstić information content (AvgIpc) is 3.12. The maximum atomic E-state index is 12.9. The summed E-state index contributed by atoms with van der Waals surface area (Å²) in [4.78, 5) is 18.3. The lowest BCUT2D eigenvalue weighted by molar-refractivity contribution is -0.137. The first-order valence-electron chi connectivity index (χ1n) is 9.59. The fraction of sp³-hybridized carbons (Fsp3) is 0.318. The molecule has 3 aromatic rings. The largest absolute Gasteiger partial charge is 0.416 e. The zero-order valence-corrected chi connectivity index (χ0v) is 17.7. The number of likely N-dealkylation sites (N-methyl/N-ethyl adjacent to an activating group) is 1. The third kappa shape index (κ3) is 5.69. The van der Waals surface area contributed by atoms with Crippen LogP contribution in [-0.2, 0) is 17.5 Å². The Bertz CT molecular complexity index is 1070. The summed E-state index contributed by atoms with van der Waals surface area (Å²) in [5.41, 5.74) is 3.29. The lowest BCUT2D eigenvalue weighted by Gasteiger charge is -2.16. The van der Waals surface area contributed by atoms with Crippen molar-refractivity contribution < 1.29 is 22.5 Å². The van der Waals surface area contributed by atoms with E-state index in [1.54, 1.807) is 11.9 Å². The predicted octanol–water partition coefficient (Wildman–Crippen LogP) is 4.75. The van der Waals surface area contributed by atoms with E-state index in [0.717, 1.165) is 34.5 Å². The van der Waals surface area contributed by atoms with Gasteiger partial charge in [-0.2, -0.15) is 18.2 Å². The lowest BCUT2D eigenvalue weighted by Crippen LogP contribution is -2.30. The molecule has 0 aliphatic carbocycles. The van der Waals surface area contributed by atoms with E-state index in [0.29, 0.717) is 0 Å². The molecule has 2 aromatic carbocycles. The molecular formula is C22H23F3N4O2. The highest BCUT2D eigenvalue weighted by Crippen LogP contribution is 2.31. The van der Waals surface area contributed by atoms with Crippen LogP contribution in [0.3, 0.4) is 0 Å².